The molecule has 3 N–H and O–H groups in total. The highest BCUT2D eigenvalue weighted by Gasteiger charge is 2.10. The molecule has 0 radical (unpaired) electrons. The lowest BCUT2D eigenvalue weighted by Gasteiger charge is -2.20. The van der Waals surface area contributed by atoms with Crippen molar-refractivity contribution in [2.75, 3.05) is 38.8 Å². The van der Waals surface area contributed by atoms with E-state index in [9.17, 15) is 4.79 Å². The number of methoxy groups -OCH3 is 1. The molecular weight excluding hydrogens is 230 g/mol. The first-order valence-corrected chi connectivity index (χ1v) is 5.83. The van der Waals surface area contributed by atoms with Crippen LogP contribution < -0.4 is 11.1 Å². The van der Waals surface area contributed by atoms with E-state index in [1.165, 1.54) is 7.11 Å². The summed E-state index contributed by atoms with van der Waals surface area (Å²) in [5, 5.41) is 3.31. The molecule has 0 amide bonds. The molecule has 1 atom stereocenters. The summed E-state index contributed by atoms with van der Waals surface area (Å²) in [7, 11) is 5.38. The SMILES string of the molecule is COC(=O)c1ccc(NC(C)CN(C)C)c(N)c1. The molecule has 0 aliphatic heterocycles. The van der Waals surface area contributed by atoms with Gasteiger partial charge in [0.25, 0.3) is 0 Å². The number of esters is 1. The lowest BCUT2D eigenvalue weighted by molar-refractivity contribution is 0.0601. The van der Waals surface area contributed by atoms with Gasteiger partial charge in [0.05, 0.1) is 24.0 Å². The van der Waals surface area contributed by atoms with Crippen LogP contribution in [0.25, 0.3) is 0 Å². The Labute approximate surface area is 108 Å². The minimum Gasteiger partial charge on any atom is -0.465 e. The number of hydrogen-bond acceptors (Lipinski definition) is 5. The number of likely N-dealkylation sites (N-methyl/N-ethyl adjacent to an activating group) is 1. The molecule has 0 aliphatic carbocycles. The third-order valence-corrected chi connectivity index (χ3v) is 2.51. The van der Waals surface area contributed by atoms with E-state index in [0.717, 1.165) is 12.2 Å². The van der Waals surface area contributed by atoms with Gasteiger partial charge in [0.2, 0.25) is 0 Å². The third kappa shape index (κ3) is 3.92. The van der Waals surface area contributed by atoms with Crippen molar-refractivity contribution in [2.24, 2.45) is 0 Å². The molecule has 1 rings (SSSR count). The van der Waals surface area contributed by atoms with Crippen molar-refractivity contribution in [2.45, 2.75) is 13.0 Å². The Morgan fingerprint density at radius 1 is 1.50 bits per heavy atom. The van der Waals surface area contributed by atoms with Gasteiger partial charge in [0, 0.05) is 12.6 Å². The maximum absolute atomic E-state index is 11.3. The number of nitrogens with zero attached hydrogens (tertiary/aromatic N) is 1. The zero-order valence-corrected chi connectivity index (χ0v) is 11.4. The van der Waals surface area contributed by atoms with Gasteiger partial charge in [0.15, 0.2) is 0 Å². The molecule has 0 fully saturated rings. The molecule has 100 valence electrons. The Balaban J connectivity index is 2.76. The van der Waals surface area contributed by atoms with Crippen molar-refractivity contribution in [3.8, 4) is 0 Å². The molecule has 5 nitrogen and oxygen atoms in total. The Morgan fingerprint density at radius 3 is 2.67 bits per heavy atom. The summed E-state index contributed by atoms with van der Waals surface area (Å²) in [5.41, 5.74) is 7.74. The Hall–Kier alpha value is -1.75. The van der Waals surface area contributed by atoms with Crippen LogP contribution in [0.5, 0.6) is 0 Å². The van der Waals surface area contributed by atoms with Gasteiger partial charge in [-0.1, -0.05) is 0 Å². The summed E-state index contributed by atoms with van der Waals surface area (Å²) in [6.45, 7) is 2.98. The van der Waals surface area contributed by atoms with Gasteiger partial charge in [-0.25, -0.2) is 4.79 Å². The van der Waals surface area contributed by atoms with E-state index in [1.807, 2.05) is 14.1 Å². The van der Waals surface area contributed by atoms with E-state index >= 15 is 0 Å². The number of anilines is 2. The molecule has 0 bridgehead atoms. The van der Waals surface area contributed by atoms with Gasteiger partial charge in [0.1, 0.15) is 0 Å². The van der Waals surface area contributed by atoms with Crippen molar-refractivity contribution in [1.82, 2.24) is 4.90 Å². The average molecular weight is 251 g/mol. The molecule has 0 heterocycles. The quantitative estimate of drug-likeness (QED) is 0.612. The second-order valence-corrected chi connectivity index (χ2v) is 4.60. The zero-order chi connectivity index (χ0) is 13.7. The molecule has 0 spiro atoms. The number of hydrogen-bond donors (Lipinski definition) is 2. The number of carbonyl (C=O) groups excluding carboxylic acids is 1. The smallest absolute Gasteiger partial charge is 0.337 e. The minimum absolute atomic E-state index is 0.270. The summed E-state index contributed by atoms with van der Waals surface area (Å²) < 4.78 is 4.64. The summed E-state index contributed by atoms with van der Waals surface area (Å²) >= 11 is 0. The predicted octanol–water partition coefficient (Wildman–Crippen LogP) is 1.42. The van der Waals surface area contributed by atoms with Gasteiger partial charge in [-0.2, -0.15) is 0 Å². The van der Waals surface area contributed by atoms with Crippen LogP contribution in [-0.4, -0.2) is 44.7 Å². The molecular formula is C13H21N3O2. The maximum Gasteiger partial charge on any atom is 0.337 e. The van der Waals surface area contributed by atoms with Crippen LogP contribution in [0.4, 0.5) is 11.4 Å². The summed E-state index contributed by atoms with van der Waals surface area (Å²) in [6.07, 6.45) is 0. The first kappa shape index (κ1) is 14.3. The van der Waals surface area contributed by atoms with Gasteiger partial charge >= 0.3 is 5.97 Å². The molecule has 1 unspecified atom stereocenters. The molecule has 1 aromatic rings. The van der Waals surface area contributed by atoms with Crippen molar-refractivity contribution < 1.29 is 9.53 Å². The first-order valence-electron chi connectivity index (χ1n) is 5.83. The molecule has 1 aromatic carbocycles. The van der Waals surface area contributed by atoms with Gasteiger partial charge < -0.3 is 20.7 Å². The number of nitrogens with one attached hydrogen (secondary N) is 1. The number of carbonyl (C=O) groups is 1. The van der Waals surface area contributed by atoms with E-state index in [0.29, 0.717) is 11.3 Å². The molecule has 0 aliphatic rings. The van der Waals surface area contributed by atoms with Gasteiger partial charge in [-0.3, -0.25) is 0 Å². The summed E-state index contributed by atoms with van der Waals surface area (Å²) in [6, 6.07) is 5.39. The Bertz CT molecular complexity index is 419. The van der Waals surface area contributed by atoms with Crippen molar-refractivity contribution in [3.63, 3.8) is 0 Å². The number of nitrogen functional groups attached to an aromatic ring is 1. The van der Waals surface area contributed by atoms with Crippen LogP contribution in [0.2, 0.25) is 0 Å². The second-order valence-electron chi connectivity index (χ2n) is 4.60. The van der Waals surface area contributed by atoms with Gasteiger partial charge in [-0.15, -0.1) is 0 Å². The van der Waals surface area contributed by atoms with E-state index in [1.54, 1.807) is 18.2 Å². The van der Waals surface area contributed by atoms with E-state index < -0.39 is 0 Å². The van der Waals surface area contributed by atoms with Crippen molar-refractivity contribution >= 4 is 17.3 Å². The van der Waals surface area contributed by atoms with Crippen LogP contribution >= 0.6 is 0 Å². The first-order chi connectivity index (χ1) is 8.43. The average Bonchev–Trinajstić information content (AvgIpc) is 2.29. The van der Waals surface area contributed by atoms with Crippen LogP contribution in [0.1, 0.15) is 17.3 Å². The van der Waals surface area contributed by atoms with Crippen molar-refractivity contribution in [3.05, 3.63) is 23.8 Å². The fourth-order valence-electron chi connectivity index (χ4n) is 1.80. The molecule has 0 aromatic heterocycles. The largest absolute Gasteiger partial charge is 0.465 e. The van der Waals surface area contributed by atoms with E-state index in [4.69, 9.17) is 5.73 Å². The zero-order valence-electron chi connectivity index (χ0n) is 11.4. The molecule has 5 heteroatoms. The van der Waals surface area contributed by atoms with Crippen LogP contribution in [0.15, 0.2) is 18.2 Å². The topological polar surface area (TPSA) is 67.6 Å². The summed E-state index contributed by atoms with van der Waals surface area (Å²) in [4.78, 5) is 13.4. The van der Waals surface area contributed by atoms with Crippen LogP contribution in [0, 0.1) is 0 Å². The van der Waals surface area contributed by atoms with E-state index in [-0.39, 0.29) is 12.0 Å². The predicted molar refractivity (Wildman–Crippen MR) is 73.8 cm³/mol. The fourth-order valence-corrected chi connectivity index (χ4v) is 1.80. The minimum atomic E-state index is -0.380. The maximum atomic E-state index is 11.3. The van der Waals surface area contributed by atoms with Crippen LogP contribution in [0.3, 0.4) is 0 Å². The highest BCUT2D eigenvalue weighted by Crippen LogP contribution is 2.21. The van der Waals surface area contributed by atoms with Crippen molar-refractivity contribution in [1.29, 1.82) is 0 Å². The Morgan fingerprint density at radius 2 is 2.17 bits per heavy atom. The van der Waals surface area contributed by atoms with Gasteiger partial charge in [-0.05, 0) is 39.2 Å². The second kappa shape index (κ2) is 6.26. The molecule has 0 saturated carbocycles. The fraction of sp³-hybridized carbons (Fsp3) is 0.462. The van der Waals surface area contributed by atoms with E-state index in [2.05, 4.69) is 21.9 Å². The highest BCUT2D eigenvalue weighted by atomic mass is 16.5. The van der Waals surface area contributed by atoms with Crippen LogP contribution in [-0.2, 0) is 4.74 Å². The molecule has 18 heavy (non-hydrogen) atoms. The molecule has 0 saturated heterocycles. The monoisotopic (exact) mass is 251 g/mol. The number of ether oxygens (including phenoxy) is 1. The normalized spacial score (nSPS) is 12.3. The summed E-state index contributed by atoms with van der Waals surface area (Å²) in [5.74, 6) is -0.380. The lowest BCUT2D eigenvalue weighted by Crippen LogP contribution is -2.29. The Kier molecular flexibility index (Phi) is 4.97. The number of nitrogens with two attached hydrogens (primary N) is 1. The third-order valence-electron chi connectivity index (χ3n) is 2.51. The standard InChI is InChI=1S/C13H21N3O2/c1-9(8-16(2)3)15-12-6-5-10(7-11(12)14)13(17)18-4/h5-7,9,15H,8,14H2,1-4H3. The number of benzene rings is 1. The number of rotatable bonds is 5. The highest BCUT2D eigenvalue weighted by molar-refractivity contribution is 5.91. The lowest BCUT2D eigenvalue weighted by atomic mass is 10.1.